The summed E-state index contributed by atoms with van der Waals surface area (Å²) in [6, 6.07) is 12.4. The lowest BCUT2D eigenvalue weighted by Gasteiger charge is -2.25. The summed E-state index contributed by atoms with van der Waals surface area (Å²) in [5.41, 5.74) is 0.892. The first-order valence-corrected chi connectivity index (χ1v) is 9.79. The number of esters is 1. The Labute approximate surface area is 165 Å². The Balaban J connectivity index is 1.41. The predicted octanol–water partition coefficient (Wildman–Crippen LogP) is 3.64. The van der Waals surface area contributed by atoms with Crippen molar-refractivity contribution in [3.63, 3.8) is 0 Å². The third-order valence-corrected chi connectivity index (χ3v) is 5.66. The Bertz CT molecular complexity index is 954. The van der Waals surface area contributed by atoms with Gasteiger partial charge in [-0.05, 0) is 12.1 Å². The van der Waals surface area contributed by atoms with Crippen molar-refractivity contribution in [2.75, 3.05) is 5.75 Å². The zero-order valence-corrected chi connectivity index (χ0v) is 15.9. The first-order valence-electron chi connectivity index (χ1n) is 8.74. The van der Waals surface area contributed by atoms with E-state index >= 15 is 0 Å². The fraction of sp³-hybridized carbons (Fsp3) is 0.250. The molecule has 144 valence electrons. The van der Waals surface area contributed by atoms with Gasteiger partial charge < -0.3 is 18.5 Å². The highest BCUT2D eigenvalue weighted by atomic mass is 32.2. The van der Waals surface area contributed by atoms with Gasteiger partial charge in [-0.25, -0.2) is 9.78 Å². The summed E-state index contributed by atoms with van der Waals surface area (Å²) >= 11 is 1.47. The number of hydrogen-bond donors (Lipinski definition) is 0. The maximum Gasteiger partial charge on any atom is 0.330 e. The summed E-state index contributed by atoms with van der Waals surface area (Å²) in [6.07, 6.45) is 3.14. The van der Waals surface area contributed by atoms with Crippen LogP contribution in [-0.4, -0.2) is 33.6 Å². The Morgan fingerprint density at radius 2 is 2.07 bits per heavy atom. The van der Waals surface area contributed by atoms with Crippen LogP contribution in [0.2, 0.25) is 0 Å². The van der Waals surface area contributed by atoms with E-state index in [-0.39, 0.29) is 17.9 Å². The van der Waals surface area contributed by atoms with Crippen LogP contribution in [0.1, 0.15) is 23.9 Å². The first-order chi connectivity index (χ1) is 13.6. The van der Waals surface area contributed by atoms with Crippen molar-refractivity contribution >= 4 is 23.6 Å². The largest absolute Gasteiger partial charge is 0.466 e. The molecule has 1 aliphatic heterocycles. The quantitative estimate of drug-likeness (QED) is 0.607. The van der Waals surface area contributed by atoms with E-state index in [1.165, 1.54) is 23.6 Å². The molecular formula is C20H18N2O5S. The van der Waals surface area contributed by atoms with Crippen LogP contribution in [0, 0.1) is 0 Å². The molecule has 1 fully saturated rings. The summed E-state index contributed by atoms with van der Waals surface area (Å²) in [7, 11) is 0. The molecule has 28 heavy (non-hydrogen) atoms. The first kappa shape index (κ1) is 18.4. The molecule has 2 aromatic heterocycles. The van der Waals surface area contributed by atoms with Crippen LogP contribution in [0.4, 0.5) is 0 Å². The number of rotatable bonds is 5. The number of carbonyl (C=O) groups is 2. The van der Waals surface area contributed by atoms with Crippen molar-refractivity contribution in [1.29, 1.82) is 0 Å². The number of carbonyl (C=O) groups excluding carboxylic acids is 2. The molecule has 1 aromatic carbocycles. The SMILES string of the molecule is CC(=O)N1[C@@H](c2ccco2)SC[C@H]1C(=O)OCc1ncc(-c2ccccc2)o1. The van der Waals surface area contributed by atoms with E-state index in [1.54, 1.807) is 24.6 Å². The summed E-state index contributed by atoms with van der Waals surface area (Å²) in [5.74, 6) is 1.27. The van der Waals surface area contributed by atoms with Crippen LogP contribution in [-0.2, 0) is 20.9 Å². The average molecular weight is 398 g/mol. The predicted molar refractivity (Wildman–Crippen MR) is 102 cm³/mol. The minimum Gasteiger partial charge on any atom is -0.466 e. The molecular weight excluding hydrogens is 380 g/mol. The van der Waals surface area contributed by atoms with Gasteiger partial charge in [0.05, 0.1) is 12.5 Å². The van der Waals surface area contributed by atoms with E-state index in [0.717, 1.165) is 5.56 Å². The third kappa shape index (κ3) is 3.68. The van der Waals surface area contributed by atoms with E-state index < -0.39 is 12.0 Å². The minimum atomic E-state index is -0.679. The van der Waals surface area contributed by atoms with Crippen LogP contribution in [0.5, 0.6) is 0 Å². The van der Waals surface area contributed by atoms with Gasteiger partial charge in [-0.3, -0.25) is 4.79 Å². The van der Waals surface area contributed by atoms with E-state index in [9.17, 15) is 9.59 Å². The lowest BCUT2D eigenvalue weighted by Crippen LogP contribution is -2.42. The molecule has 0 aliphatic carbocycles. The third-order valence-electron chi connectivity index (χ3n) is 4.37. The van der Waals surface area contributed by atoms with Gasteiger partial charge in [0.25, 0.3) is 0 Å². The molecule has 2 atom stereocenters. The highest BCUT2D eigenvalue weighted by Gasteiger charge is 2.43. The molecule has 0 bridgehead atoms. The van der Waals surface area contributed by atoms with Gasteiger partial charge >= 0.3 is 5.97 Å². The molecule has 0 saturated carbocycles. The van der Waals surface area contributed by atoms with Gasteiger partial charge in [-0.1, -0.05) is 30.3 Å². The van der Waals surface area contributed by atoms with Crippen molar-refractivity contribution in [2.24, 2.45) is 0 Å². The van der Waals surface area contributed by atoms with Crippen molar-refractivity contribution < 1.29 is 23.2 Å². The van der Waals surface area contributed by atoms with Crippen LogP contribution >= 0.6 is 11.8 Å². The number of oxazole rings is 1. The molecule has 0 spiro atoms. The molecule has 7 nitrogen and oxygen atoms in total. The zero-order chi connectivity index (χ0) is 19.5. The number of benzene rings is 1. The molecule has 3 heterocycles. The van der Waals surface area contributed by atoms with E-state index in [0.29, 0.717) is 23.2 Å². The van der Waals surface area contributed by atoms with E-state index in [4.69, 9.17) is 13.6 Å². The van der Waals surface area contributed by atoms with Gasteiger partial charge in [0, 0.05) is 18.2 Å². The van der Waals surface area contributed by atoms with Gasteiger partial charge in [0.2, 0.25) is 11.8 Å². The Morgan fingerprint density at radius 3 is 2.79 bits per heavy atom. The van der Waals surface area contributed by atoms with Gasteiger partial charge in [0.15, 0.2) is 12.4 Å². The molecule has 0 radical (unpaired) electrons. The van der Waals surface area contributed by atoms with Gasteiger partial charge in [0.1, 0.15) is 17.2 Å². The number of hydrogen-bond acceptors (Lipinski definition) is 7. The second kappa shape index (κ2) is 7.93. The number of amides is 1. The summed E-state index contributed by atoms with van der Waals surface area (Å²) in [5, 5.41) is -0.337. The standard InChI is InChI=1S/C20H18N2O5S/c1-13(23)22-15(12-28-19(22)16-8-5-9-25-16)20(24)26-11-18-21-10-17(27-18)14-6-3-2-4-7-14/h2-10,15,19H,11-12H2,1H3/t15-,19+/m0/s1. The van der Waals surface area contributed by atoms with Crippen molar-refractivity contribution in [3.05, 3.63) is 66.6 Å². The number of aromatic nitrogens is 1. The molecule has 3 aromatic rings. The normalized spacial score (nSPS) is 19.0. The smallest absolute Gasteiger partial charge is 0.330 e. The molecule has 8 heteroatoms. The average Bonchev–Trinajstić information content (AvgIpc) is 3.46. The van der Waals surface area contributed by atoms with Crippen molar-refractivity contribution in [2.45, 2.75) is 24.9 Å². The number of ether oxygens (including phenoxy) is 1. The fourth-order valence-corrected chi connectivity index (χ4v) is 4.48. The van der Waals surface area contributed by atoms with Gasteiger partial charge in [-0.2, -0.15) is 0 Å². The number of furan rings is 1. The minimum absolute atomic E-state index is 0.0933. The Morgan fingerprint density at radius 1 is 1.25 bits per heavy atom. The van der Waals surface area contributed by atoms with Crippen LogP contribution in [0.3, 0.4) is 0 Å². The number of thioether (sulfide) groups is 1. The van der Waals surface area contributed by atoms with Crippen LogP contribution in [0.25, 0.3) is 11.3 Å². The summed E-state index contributed by atoms with van der Waals surface area (Å²) in [6.45, 7) is 1.34. The lowest BCUT2D eigenvalue weighted by molar-refractivity contribution is -0.155. The zero-order valence-electron chi connectivity index (χ0n) is 15.1. The molecule has 1 aliphatic rings. The lowest BCUT2D eigenvalue weighted by atomic mass is 10.2. The van der Waals surface area contributed by atoms with E-state index in [2.05, 4.69) is 4.98 Å². The second-order valence-corrected chi connectivity index (χ2v) is 7.35. The van der Waals surface area contributed by atoms with E-state index in [1.807, 2.05) is 30.3 Å². The highest BCUT2D eigenvalue weighted by molar-refractivity contribution is 7.99. The van der Waals surface area contributed by atoms with Crippen molar-refractivity contribution in [3.8, 4) is 11.3 Å². The van der Waals surface area contributed by atoms with Crippen molar-refractivity contribution in [1.82, 2.24) is 9.88 Å². The Hall–Kier alpha value is -3.00. The maximum atomic E-state index is 12.6. The monoisotopic (exact) mass is 398 g/mol. The molecule has 0 N–H and O–H groups in total. The summed E-state index contributed by atoms with van der Waals surface area (Å²) in [4.78, 5) is 30.4. The molecule has 0 unspecified atom stereocenters. The molecule has 1 saturated heterocycles. The Kier molecular flexibility index (Phi) is 5.21. The van der Waals surface area contributed by atoms with Crippen LogP contribution < -0.4 is 0 Å². The second-order valence-electron chi connectivity index (χ2n) is 6.24. The maximum absolute atomic E-state index is 12.6. The molecule has 4 rings (SSSR count). The van der Waals surface area contributed by atoms with Crippen LogP contribution in [0.15, 0.2) is 63.8 Å². The fourth-order valence-electron chi connectivity index (χ4n) is 3.07. The number of nitrogens with zero attached hydrogens (tertiary/aromatic N) is 2. The summed E-state index contributed by atoms with van der Waals surface area (Å²) < 4.78 is 16.4. The topological polar surface area (TPSA) is 85.8 Å². The molecule has 1 amide bonds. The highest BCUT2D eigenvalue weighted by Crippen LogP contribution is 2.41. The van der Waals surface area contributed by atoms with Gasteiger partial charge in [-0.15, -0.1) is 11.8 Å².